The molecule has 3 aromatic carbocycles. The zero-order valence-corrected chi connectivity index (χ0v) is 19.8. The molecule has 5 rings (SSSR count). The standard InChI is InChI=1S/C27H24FN3O3S/c1-35(33,34)31-26-23(27(32)30-24(18-14-15-18)17-8-3-2-4-9-17)21-12-5-6-13-22(21)29-25(26)19-10-7-11-20(28)16-19/h2-13,16,18,24,31H,14-15H2,1H3,(H,30,32). The third kappa shape index (κ3) is 5.02. The summed E-state index contributed by atoms with van der Waals surface area (Å²) >= 11 is 0. The highest BCUT2D eigenvalue weighted by Crippen LogP contribution is 2.42. The van der Waals surface area contributed by atoms with Gasteiger partial charge in [0.2, 0.25) is 10.0 Å². The largest absolute Gasteiger partial charge is 0.345 e. The molecule has 0 radical (unpaired) electrons. The van der Waals surface area contributed by atoms with Gasteiger partial charge in [0.15, 0.2) is 0 Å². The number of rotatable bonds is 7. The Kier molecular flexibility index (Phi) is 5.98. The van der Waals surface area contributed by atoms with E-state index in [0.29, 0.717) is 22.4 Å². The van der Waals surface area contributed by atoms with Gasteiger partial charge in [-0.3, -0.25) is 9.52 Å². The molecule has 1 aromatic heterocycles. The second-order valence-corrected chi connectivity index (χ2v) is 10.6. The van der Waals surface area contributed by atoms with Gasteiger partial charge >= 0.3 is 0 Å². The molecule has 0 saturated heterocycles. The van der Waals surface area contributed by atoms with E-state index in [4.69, 9.17) is 0 Å². The topological polar surface area (TPSA) is 88.2 Å². The number of hydrogen-bond acceptors (Lipinski definition) is 4. The summed E-state index contributed by atoms with van der Waals surface area (Å²) in [6, 6.07) is 22.3. The summed E-state index contributed by atoms with van der Waals surface area (Å²) in [7, 11) is -3.79. The Balaban J connectivity index is 1.71. The van der Waals surface area contributed by atoms with E-state index in [1.807, 2.05) is 30.3 Å². The number of nitrogens with one attached hydrogen (secondary N) is 2. The van der Waals surface area contributed by atoms with Crippen LogP contribution in [0.15, 0.2) is 78.9 Å². The monoisotopic (exact) mass is 489 g/mol. The molecule has 0 aliphatic heterocycles. The van der Waals surface area contributed by atoms with E-state index < -0.39 is 21.7 Å². The lowest BCUT2D eigenvalue weighted by Gasteiger charge is -2.22. The summed E-state index contributed by atoms with van der Waals surface area (Å²) in [6.45, 7) is 0. The predicted octanol–water partition coefficient (Wildman–Crippen LogP) is 5.29. The molecular formula is C27H24FN3O3S. The van der Waals surface area contributed by atoms with Crippen LogP contribution in [0, 0.1) is 11.7 Å². The first-order valence-electron chi connectivity index (χ1n) is 11.3. The maximum absolute atomic E-state index is 14.1. The van der Waals surface area contributed by atoms with Crippen LogP contribution in [-0.4, -0.2) is 25.6 Å². The lowest BCUT2D eigenvalue weighted by Crippen LogP contribution is -2.31. The Labute approximate surface area is 203 Å². The lowest BCUT2D eigenvalue weighted by atomic mass is 9.98. The number of aromatic nitrogens is 1. The molecule has 1 amide bonds. The van der Waals surface area contributed by atoms with Crippen molar-refractivity contribution in [1.29, 1.82) is 0 Å². The highest BCUT2D eigenvalue weighted by Gasteiger charge is 2.35. The van der Waals surface area contributed by atoms with Crippen molar-refractivity contribution in [3.63, 3.8) is 0 Å². The summed E-state index contributed by atoms with van der Waals surface area (Å²) in [4.78, 5) is 18.5. The fourth-order valence-corrected chi connectivity index (χ4v) is 4.92. The number of para-hydroxylation sites is 1. The van der Waals surface area contributed by atoms with Crippen molar-refractivity contribution in [1.82, 2.24) is 10.3 Å². The van der Waals surface area contributed by atoms with Crippen molar-refractivity contribution >= 4 is 32.5 Å². The van der Waals surface area contributed by atoms with Crippen molar-refractivity contribution in [3.8, 4) is 11.3 Å². The number of pyridine rings is 1. The zero-order chi connectivity index (χ0) is 24.6. The quantitative estimate of drug-likeness (QED) is 0.369. The van der Waals surface area contributed by atoms with E-state index in [2.05, 4.69) is 15.0 Å². The smallest absolute Gasteiger partial charge is 0.254 e. The van der Waals surface area contributed by atoms with Crippen LogP contribution in [0.5, 0.6) is 0 Å². The van der Waals surface area contributed by atoms with E-state index in [-0.39, 0.29) is 23.0 Å². The van der Waals surface area contributed by atoms with E-state index in [1.54, 1.807) is 30.3 Å². The van der Waals surface area contributed by atoms with Crippen LogP contribution < -0.4 is 10.0 Å². The molecule has 0 bridgehead atoms. The average molecular weight is 490 g/mol. The fraction of sp³-hybridized carbons (Fsp3) is 0.185. The summed E-state index contributed by atoms with van der Waals surface area (Å²) in [5.41, 5.74) is 2.21. The van der Waals surface area contributed by atoms with Gasteiger partial charge in [-0.25, -0.2) is 17.8 Å². The first-order valence-corrected chi connectivity index (χ1v) is 13.2. The number of carbonyl (C=O) groups excluding carboxylic acids is 1. The van der Waals surface area contributed by atoms with Crippen LogP contribution >= 0.6 is 0 Å². The molecule has 6 nitrogen and oxygen atoms in total. The highest BCUT2D eigenvalue weighted by atomic mass is 32.2. The van der Waals surface area contributed by atoms with Crippen LogP contribution in [0.1, 0.15) is 34.8 Å². The van der Waals surface area contributed by atoms with Crippen LogP contribution in [0.4, 0.5) is 10.1 Å². The molecule has 178 valence electrons. The number of fused-ring (bicyclic) bond motifs is 1. The van der Waals surface area contributed by atoms with Gasteiger partial charge in [0.05, 0.1) is 34.8 Å². The Bertz CT molecular complexity index is 1520. The normalized spacial score (nSPS) is 14.5. The van der Waals surface area contributed by atoms with Gasteiger partial charge < -0.3 is 5.32 Å². The molecular weight excluding hydrogens is 465 g/mol. The number of carbonyl (C=O) groups is 1. The second kappa shape index (κ2) is 9.11. The van der Waals surface area contributed by atoms with Gasteiger partial charge in [-0.1, -0.05) is 60.7 Å². The van der Waals surface area contributed by atoms with Crippen LogP contribution in [0.2, 0.25) is 0 Å². The highest BCUT2D eigenvalue weighted by molar-refractivity contribution is 7.92. The Hall–Kier alpha value is -3.78. The lowest BCUT2D eigenvalue weighted by molar-refractivity contribution is 0.0934. The number of benzene rings is 3. The molecule has 1 saturated carbocycles. The Morgan fingerprint density at radius 1 is 1.00 bits per heavy atom. The molecule has 1 aliphatic carbocycles. The average Bonchev–Trinajstić information content (AvgIpc) is 3.67. The predicted molar refractivity (Wildman–Crippen MR) is 135 cm³/mol. The molecule has 4 aromatic rings. The summed E-state index contributed by atoms with van der Waals surface area (Å²) in [5, 5.41) is 3.64. The van der Waals surface area contributed by atoms with E-state index >= 15 is 0 Å². The Morgan fingerprint density at radius 2 is 1.71 bits per heavy atom. The summed E-state index contributed by atoms with van der Waals surface area (Å²) in [5.74, 6) is -0.608. The number of halogens is 1. The first kappa shape index (κ1) is 23.0. The number of amides is 1. The van der Waals surface area contributed by atoms with E-state index in [0.717, 1.165) is 24.7 Å². The van der Waals surface area contributed by atoms with Crippen molar-refractivity contribution in [2.24, 2.45) is 5.92 Å². The molecule has 1 unspecified atom stereocenters. The molecule has 1 heterocycles. The summed E-state index contributed by atoms with van der Waals surface area (Å²) in [6.07, 6.45) is 3.01. The second-order valence-electron chi connectivity index (χ2n) is 8.81. The van der Waals surface area contributed by atoms with Crippen molar-refractivity contribution in [2.75, 3.05) is 11.0 Å². The minimum absolute atomic E-state index is 0.0249. The van der Waals surface area contributed by atoms with Crippen LogP contribution in [-0.2, 0) is 10.0 Å². The third-order valence-corrected chi connectivity index (χ3v) is 6.62. The minimum Gasteiger partial charge on any atom is -0.345 e. The molecule has 1 atom stereocenters. The van der Waals surface area contributed by atoms with Gasteiger partial charge in [0.1, 0.15) is 5.82 Å². The van der Waals surface area contributed by atoms with Crippen LogP contribution in [0.25, 0.3) is 22.2 Å². The SMILES string of the molecule is CS(=O)(=O)Nc1c(-c2cccc(F)c2)nc2ccccc2c1C(=O)NC(c1ccccc1)C1CC1. The van der Waals surface area contributed by atoms with Gasteiger partial charge in [-0.2, -0.15) is 0 Å². The zero-order valence-electron chi connectivity index (χ0n) is 19.0. The molecule has 1 aliphatic rings. The van der Waals surface area contributed by atoms with E-state index in [1.165, 1.54) is 18.2 Å². The third-order valence-electron chi connectivity index (χ3n) is 6.04. The van der Waals surface area contributed by atoms with Crippen LogP contribution in [0.3, 0.4) is 0 Å². The van der Waals surface area contributed by atoms with Crippen molar-refractivity contribution in [3.05, 3.63) is 95.8 Å². The molecule has 2 N–H and O–H groups in total. The van der Waals surface area contributed by atoms with E-state index in [9.17, 15) is 17.6 Å². The van der Waals surface area contributed by atoms with Crippen molar-refractivity contribution in [2.45, 2.75) is 18.9 Å². The minimum atomic E-state index is -3.79. The molecule has 1 fully saturated rings. The fourth-order valence-electron chi connectivity index (χ4n) is 4.35. The summed E-state index contributed by atoms with van der Waals surface area (Å²) < 4.78 is 41.4. The van der Waals surface area contributed by atoms with Gasteiger partial charge in [-0.05, 0) is 42.5 Å². The number of nitrogens with zero attached hydrogens (tertiary/aromatic N) is 1. The maximum Gasteiger partial charge on any atom is 0.254 e. The van der Waals surface area contributed by atoms with Gasteiger partial charge in [-0.15, -0.1) is 0 Å². The number of hydrogen-bond donors (Lipinski definition) is 2. The van der Waals surface area contributed by atoms with Crippen molar-refractivity contribution < 1.29 is 17.6 Å². The molecule has 0 spiro atoms. The molecule has 35 heavy (non-hydrogen) atoms. The number of sulfonamides is 1. The first-order chi connectivity index (χ1) is 16.8. The molecule has 8 heteroatoms. The maximum atomic E-state index is 14.1. The van der Waals surface area contributed by atoms with Gasteiger partial charge in [0.25, 0.3) is 5.91 Å². The Morgan fingerprint density at radius 3 is 2.40 bits per heavy atom. The van der Waals surface area contributed by atoms with Gasteiger partial charge in [0, 0.05) is 10.9 Å². The number of anilines is 1.